The van der Waals surface area contributed by atoms with Gasteiger partial charge in [0.1, 0.15) is 17.2 Å². The second-order valence-corrected chi connectivity index (χ2v) is 18.2. The van der Waals surface area contributed by atoms with Crippen molar-refractivity contribution in [2.45, 2.75) is 59.4 Å². The van der Waals surface area contributed by atoms with E-state index < -0.39 is 0 Å². The molecule has 4 aromatic heterocycles. The van der Waals surface area contributed by atoms with Crippen LogP contribution in [-0.2, 0) is 23.8 Å². The smallest absolute Gasteiger partial charge is 0.263 e. The molecule has 1 aromatic carbocycles. The summed E-state index contributed by atoms with van der Waals surface area (Å²) < 4.78 is 23.9. The number of ketones is 1. The summed E-state index contributed by atoms with van der Waals surface area (Å²) in [5.41, 5.74) is 3.21. The molecule has 2 fully saturated rings. The number of aryl methyl sites for hydroxylation is 3. The van der Waals surface area contributed by atoms with E-state index in [1.165, 1.54) is 18.3 Å². The third kappa shape index (κ3) is 14.1. The van der Waals surface area contributed by atoms with E-state index in [9.17, 15) is 24.0 Å². The Hall–Kier alpha value is -6.39. The molecule has 1 aliphatic carbocycles. The second kappa shape index (κ2) is 24.8. The maximum absolute atomic E-state index is 13.6. The van der Waals surface area contributed by atoms with Crippen LogP contribution in [0.4, 0.5) is 22.6 Å². The number of piperazine rings is 1. The number of aromatic nitrogens is 5. The molecule has 1 aliphatic heterocycles. The average molecular weight is 968 g/mol. The number of ether oxygens (including phenoxy) is 4. The van der Waals surface area contributed by atoms with Crippen molar-refractivity contribution in [3.05, 3.63) is 86.4 Å². The van der Waals surface area contributed by atoms with Gasteiger partial charge in [-0.15, -0.1) is 11.3 Å². The minimum absolute atomic E-state index is 0.00546. The fourth-order valence-electron chi connectivity index (χ4n) is 8.32. The number of amides is 3. The predicted octanol–water partition coefficient (Wildman–Crippen LogP) is 4.37. The van der Waals surface area contributed by atoms with Gasteiger partial charge in [-0.1, -0.05) is 12.8 Å². The Labute approximate surface area is 404 Å². The first-order chi connectivity index (χ1) is 33.4. The summed E-state index contributed by atoms with van der Waals surface area (Å²) in [6.07, 6.45) is 8.97. The SMILES string of the molecule is CC(=O)c1c(C)c2cnc(Nc3ccc(N4CCN(CC(=O)NCCOCCOCCOCCNC(=O)COc5ccc(C(=O)Nc6ncc(C)s6)c(C)c5)CC4)cn3)nc2n(C2CCCC2)c1=O. The fourth-order valence-corrected chi connectivity index (χ4v) is 8.98. The van der Waals surface area contributed by atoms with Crippen LogP contribution >= 0.6 is 11.3 Å². The second-order valence-electron chi connectivity index (χ2n) is 16.9. The lowest BCUT2D eigenvalue weighted by molar-refractivity contribution is -0.123. The number of rotatable bonds is 24. The Kier molecular flexibility index (Phi) is 18.1. The molecule has 7 rings (SSSR count). The minimum Gasteiger partial charge on any atom is -0.484 e. The molecule has 21 heteroatoms. The van der Waals surface area contributed by atoms with Crippen LogP contribution in [0.2, 0.25) is 0 Å². The molecule has 0 bridgehead atoms. The van der Waals surface area contributed by atoms with Gasteiger partial charge in [0.2, 0.25) is 11.9 Å². The summed E-state index contributed by atoms with van der Waals surface area (Å²) in [6, 6.07) is 8.87. The van der Waals surface area contributed by atoms with Crippen LogP contribution in [0.3, 0.4) is 0 Å². The molecule has 69 heavy (non-hydrogen) atoms. The zero-order chi connectivity index (χ0) is 48.7. The van der Waals surface area contributed by atoms with E-state index in [0.29, 0.717) is 110 Å². The molecule has 1 saturated carbocycles. The van der Waals surface area contributed by atoms with Gasteiger partial charge < -0.3 is 39.8 Å². The van der Waals surface area contributed by atoms with Crippen molar-refractivity contribution in [3.63, 3.8) is 0 Å². The van der Waals surface area contributed by atoms with Gasteiger partial charge in [0.05, 0.1) is 63.6 Å². The molecule has 368 valence electrons. The number of nitrogens with one attached hydrogen (secondary N) is 4. The van der Waals surface area contributed by atoms with Crippen LogP contribution in [0.1, 0.15) is 75.4 Å². The predicted molar refractivity (Wildman–Crippen MR) is 262 cm³/mol. The quantitative estimate of drug-likeness (QED) is 0.0497. The van der Waals surface area contributed by atoms with Crippen molar-refractivity contribution in [3.8, 4) is 5.75 Å². The zero-order valence-corrected chi connectivity index (χ0v) is 40.5. The number of hydrogen-bond acceptors (Lipinski definition) is 17. The number of nitrogens with zero attached hydrogens (tertiary/aromatic N) is 7. The number of carbonyl (C=O) groups is 4. The van der Waals surface area contributed by atoms with Gasteiger partial charge in [0, 0.05) is 73.5 Å². The number of thiazole rings is 1. The van der Waals surface area contributed by atoms with Crippen molar-refractivity contribution in [1.82, 2.24) is 40.0 Å². The number of fused-ring (bicyclic) bond motifs is 1. The first-order valence-corrected chi connectivity index (χ1v) is 24.1. The highest BCUT2D eigenvalue weighted by molar-refractivity contribution is 7.15. The van der Waals surface area contributed by atoms with E-state index in [1.807, 2.05) is 19.1 Å². The van der Waals surface area contributed by atoms with Gasteiger partial charge in [-0.3, -0.25) is 38.8 Å². The molecule has 5 aromatic rings. The summed E-state index contributed by atoms with van der Waals surface area (Å²) in [5.74, 6) is 0.499. The molecule has 0 radical (unpaired) electrons. The van der Waals surface area contributed by atoms with Crippen molar-refractivity contribution in [1.29, 1.82) is 0 Å². The highest BCUT2D eigenvalue weighted by Gasteiger charge is 2.26. The summed E-state index contributed by atoms with van der Waals surface area (Å²) >= 11 is 1.40. The van der Waals surface area contributed by atoms with Gasteiger partial charge in [-0.25, -0.2) is 15.0 Å². The number of Topliss-reactive ketones (excluding diaryl/α,β-unsaturated/α-hetero) is 1. The van der Waals surface area contributed by atoms with Crippen LogP contribution in [0.15, 0.2) is 53.7 Å². The van der Waals surface area contributed by atoms with E-state index in [0.717, 1.165) is 62.4 Å². The number of carbonyl (C=O) groups excluding carboxylic acids is 4. The van der Waals surface area contributed by atoms with E-state index in [4.69, 9.17) is 23.9 Å². The third-order valence-electron chi connectivity index (χ3n) is 11.9. The fraction of sp³-hybridized carbons (Fsp3) is 0.479. The Morgan fingerprint density at radius 3 is 2.13 bits per heavy atom. The van der Waals surface area contributed by atoms with Crippen molar-refractivity contribution in [2.75, 3.05) is 108 Å². The lowest BCUT2D eigenvalue weighted by Crippen LogP contribution is -2.49. The Morgan fingerprint density at radius 2 is 1.49 bits per heavy atom. The van der Waals surface area contributed by atoms with E-state index >= 15 is 0 Å². The molecule has 1 saturated heterocycles. The summed E-state index contributed by atoms with van der Waals surface area (Å²) in [5, 5.41) is 12.9. The number of hydrogen-bond donors (Lipinski definition) is 4. The summed E-state index contributed by atoms with van der Waals surface area (Å²) in [4.78, 5) is 86.8. The molecule has 4 N–H and O–H groups in total. The number of anilines is 4. The van der Waals surface area contributed by atoms with Gasteiger partial charge in [-0.05, 0) is 82.0 Å². The van der Waals surface area contributed by atoms with Crippen LogP contribution in [0, 0.1) is 20.8 Å². The van der Waals surface area contributed by atoms with Crippen LogP contribution in [0.5, 0.6) is 5.75 Å². The van der Waals surface area contributed by atoms with Crippen LogP contribution in [-0.4, -0.2) is 145 Å². The van der Waals surface area contributed by atoms with Crippen LogP contribution in [0.25, 0.3) is 11.0 Å². The lowest BCUT2D eigenvalue weighted by Gasteiger charge is -2.35. The lowest BCUT2D eigenvalue weighted by atomic mass is 10.0. The molecular formula is C48H61N11O9S. The first kappa shape index (κ1) is 50.5. The van der Waals surface area contributed by atoms with Gasteiger partial charge >= 0.3 is 0 Å². The van der Waals surface area contributed by atoms with E-state index in [2.05, 4.69) is 46.0 Å². The summed E-state index contributed by atoms with van der Waals surface area (Å²) in [6.45, 7) is 12.9. The van der Waals surface area contributed by atoms with Gasteiger partial charge in [0.25, 0.3) is 17.4 Å². The van der Waals surface area contributed by atoms with E-state index in [1.54, 1.807) is 55.2 Å². The maximum atomic E-state index is 13.6. The highest BCUT2D eigenvalue weighted by atomic mass is 32.1. The molecule has 0 spiro atoms. The molecule has 0 unspecified atom stereocenters. The van der Waals surface area contributed by atoms with E-state index in [-0.39, 0.29) is 47.3 Å². The highest BCUT2D eigenvalue weighted by Crippen LogP contribution is 2.32. The largest absolute Gasteiger partial charge is 0.484 e. The van der Waals surface area contributed by atoms with Crippen molar-refractivity contribution < 1.29 is 38.1 Å². The molecule has 0 atom stereocenters. The van der Waals surface area contributed by atoms with Crippen molar-refractivity contribution >= 4 is 68.5 Å². The standard InChI is InChI=1S/C48H61N11O9S/c1-31-25-37(10-11-38(31)45(63)56-48-53-26-32(2)69-48)68-30-42(62)50-14-20-66-22-24-67-23-21-65-19-13-49-41(61)29-57-15-17-58(18-16-57)36-9-12-40(51-27-36)54-47-52-28-39-33(3)43(34(4)60)46(64)59(44(39)55-47)35-7-5-6-8-35/h9-12,25-28,35H,5-8,13-24,29-30H2,1-4H3,(H,49,61)(H,50,62)(H,53,56,63)(H,51,52,54,55). The first-order valence-electron chi connectivity index (χ1n) is 23.3. The van der Waals surface area contributed by atoms with Crippen molar-refractivity contribution in [2.24, 2.45) is 0 Å². The maximum Gasteiger partial charge on any atom is 0.263 e. The molecule has 3 amide bonds. The number of benzene rings is 1. The number of pyridine rings is 2. The Balaban J connectivity index is 0.695. The Morgan fingerprint density at radius 1 is 0.797 bits per heavy atom. The normalized spacial score (nSPS) is 14.2. The van der Waals surface area contributed by atoms with Crippen LogP contribution < -0.4 is 36.5 Å². The molecule has 2 aliphatic rings. The minimum atomic E-state index is -0.292. The third-order valence-corrected chi connectivity index (χ3v) is 12.7. The average Bonchev–Trinajstić information content (AvgIpc) is 4.02. The topological polar surface area (TPSA) is 233 Å². The Bertz CT molecular complexity index is 2630. The monoisotopic (exact) mass is 967 g/mol. The molecule has 5 heterocycles. The zero-order valence-electron chi connectivity index (χ0n) is 39.6. The molecule has 20 nitrogen and oxygen atoms in total. The molecular weight excluding hydrogens is 907 g/mol. The van der Waals surface area contributed by atoms with Gasteiger partial charge in [-0.2, -0.15) is 4.98 Å². The van der Waals surface area contributed by atoms with Gasteiger partial charge in [0.15, 0.2) is 17.5 Å². The summed E-state index contributed by atoms with van der Waals surface area (Å²) in [7, 11) is 0.